The lowest BCUT2D eigenvalue weighted by Crippen LogP contribution is -2.39. The molecule has 5 rings (SSSR count). The molecule has 1 amide bonds. The second-order valence-electron chi connectivity index (χ2n) is 7.22. The van der Waals surface area contributed by atoms with E-state index < -0.39 is 0 Å². The smallest absolute Gasteiger partial charge is 0.276 e. The molecule has 1 saturated heterocycles. The van der Waals surface area contributed by atoms with Crippen molar-refractivity contribution in [3.63, 3.8) is 0 Å². The third-order valence-corrected chi connectivity index (χ3v) is 5.50. The molecular formula is C19H23ClN8O. The van der Waals surface area contributed by atoms with Gasteiger partial charge in [-0.3, -0.25) is 4.79 Å². The van der Waals surface area contributed by atoms with Gasteiger partial charge in [0.25, 0.3) is 5.91 Å². The summed E-state index contributed by atoms with van der Waals surface area (Å²) in [6, 6.07) is 9.60. The molecule has 1 fully saturated rings. The summed E-state index contributed by atoms with van der Waals surface area (Å²) in [7, 11) is 0. The van der Waals surface area contributed by atoms with E-state index in [0.29, 0.717) is 24.7 Å². The minimum Gasteiger partial charge on any atom is -0.337 e. The van der Waals surface area contributed by atoms with E-state index in [2.05, 4.69) is 30.3 Å². The quantitative estimate of drug-likeness (QED) is 0.696. The first-order chi connectivity index (χ1) is 13.8. The number of amides is 1. The first kappa shape index (κ1) is 19.5. The first-order valence-corrected chi connectivity index (χ1v) is 9.69. The van der Waals surface area contributed by atoms with Crippen LogP contribution in [-0.2, 0) is 13.1 Å². The molecule has 0 bridgehead atoms. The molecule has 2 aliphatic heterocycles. The van der Waals surface area contributed by atoms with E-state index in [0.717, 1.165) is 49.8 Å². The van der Waals surface area contributed by atoms with Crippen LogP contribution in [0.1, 0.15) is 40.9 Å². The number of para-hydroxylation sites is 1. The van der Waals surface area contributed by atoms with Gasteiger partial charge in [0.05, 0.1) is 18.4 Å². The number of halogens is 1. The second kappa shape index (κ2) is 8.30. The van der Waals surface area contributed by atoms with Crippen molar-refractivity contribution in [2.75, 3.05) is 19.6 Å². The summed E-state index contributed by atoms with van der Waals surface area (Å²) in [5, 5.41) is 20.7. The molecule has 9 nitrogen and oxygen atoms in total. The number of nitrogens with zero attached hydrogens (tertiary/aromatic N) is 7. The Bertz CT molecular complexity index is 977. The molecule has 152 valence electrons. The number of hydrogen-bond acceptors (Lipinski definition) is 6. The van der Waals surface area contributed by atoms with Crippen molar-refractivity contribution >= 4 is 18.3 Å². The molecule has 0 spiro atoms. The number of carbonyl (C=O) groups excluding carboxylic acids is 1. The summed E-state index contributed by atoms with van der Waals surface area (Å²) in [6.45, 7) is 4.04. The third kappa shape index (κ3) is 3.75. The highest BCUT2D eigenvalue weighted by Crippen LogP contribution is 2.28. The van der Waals surface area contributed by atoms with Crippen molar-refractivity contribution in [1.82, 2.24) is 40.0 Å². The first-order valence-electron chi connectivity index (χ1n) is 9.69. The monoisotopic (exact) mass is 414 g/mol. The normalized spacial score (nSPS) is 16.9. The lowest BCUT2D eigenvalue weighted by atomic mass is 9.95. The van der Waals surface area contributed by atoms with Crippen LogP contribution in [0.2, 0.25) is 0 Å². The van der Waals surface area contributed by atoms with E-state index in [1.54, 1.807) is 6.20 Å². The van der Waals surface area contributed by atoms with Gasteiger partial charge >= 0.3 is 0 Å². The zero-order valence-corrected chi connectivity index (χ0v) is 16.8. The standard InChI is InChI=1S/C19H22N8O.ClH/c28-19(16-12-21-27(24-16)15-4-2-1-3-5-15)25-9-6-14(7-10-25)18-23-22-17-13-20-8-11-26(17)18;/h1-5,12,14,20H,6-11,13H2;1H. The highest BCUT2D eigenvalue weighted by molar-refractivity contribution is 5.92. The maximum atomic E-state index is 12.8. The largest absolute Gasteiger partial charge is 0.337 e. The predicted molar refractivity (Wildman–Crippen MR) is 108 cm³/mol. The van der Waals surface area contributed by atoms with Crippen molar-refractivity contribution < 1.29 is 4.79 Å². The molecule has 10 heteroatoms. The molecule has 1 aromatic carbocycles. The topological polar surface area (TPSA) is 93.8 Å². The minimum absolute atomic E-state index is 0. The fourth-order valence-corrected chi connectivity index (χ4v) is 3.97. The lowest BCUT2D eigenvalue weighted by molar-refractivity contribution is 0.0703. The average molecular weight is 415 g/mol. The SMILES string of the molecule is Cl.O=C(c1cnn(-c2ccccc2)n1)N1CCC(c2nnc3n2CCNC3)CC1. The molecule has 2 aliphatic rings. The summed E-state index contributed by atoms with van der Waals surface area (Å²) >= 11 is 0. The number of piperidine rings is 1. The summed E-state index contributed by atoms with van der Waals surface area (Å²) < 4.78 is 2.24. The van der Waals surface area contributed by atoms with E-state index in [9.17, 15) is 4.79 Å². The van der Waals surface area contributed by atoms with Crippen LogP contribution >= 0.6 is 12.4 Å². The van der Waals surface area contributed by atoms with Gasteiger partial charge in [-0.1, -0.05) is 18.2 Å². The average Bonchev–Trinajstić information content (AvgIpc) is 3.42. The fourth-order valence-electron chi connectivity index (χ4n) is 3.97. The number of benzene rings is 1. The Labute approximate surface area is 174 Å². The van der Waals surface area contributed by atoms with Crippen molar-refractivity contribution in [2.45, 2.75) is 31.8 Å². The van der Waals surface area contributed by atoms with Crippen LogP contribution in [0.3, 0.4) is 0 Å². The van der Waals surface area contributed by atoms with Gasteiger partial charge in [-0.05, 0) is 25.0 Å². The van der Waals surface area contributed by atoms with Gasteiger partial charge in [0.15, 0.2) is 5.69 Å². The number of fused-ring (bicyclic) bond motifs is 1. The van der Waals surface area contributed by atoms with Gasteiger partial charge in [-0.25, -0.2) is 0 Å². The van der Waals surface area contributed by atoms with E-state index in [4.69, 9.17) is 0 Å². The molecule has 3 aromatic rings. The van der Waals surface area contributed by atoms with E-state index in [-0.39, 0.29) is 18.3 Å². The van der Waals surface area contributed by atoms with Crippen LogP contribution in [0.4, 0.5) is 0 Å². The van der Waals surface area contributed by atoms with E-state index >= 15 is 0 Å². The van der Waals surface area contributed by atoms with Gasteiger partial charge in [0.2, 0.25) is 0 Å². The number of rotatable bonds is 3. The Morgan fingerprint density at radius 2 is 1.86 bits per heavy atom. The Kier molecular flexibility index (Phi) is 5.59. The maximum absolute atomic E-state index is 12.8. The molecule has 4 heterocycles. The molecule has 0 aliphatic carbocycles. The summed E-state index contributed by atoms with van der Waals surface area (Å²) in [5.41, 5.74) is 1.22. The van der Waals surface area contributed by atoms with E-state index in [1.165, 1.54) is 4.80 Å². The number of likely N-dealkylation sites (tertiary alicyclic amines) is 1. The molecule has 0 unspecified atom stereocenters. The van der Waals surface area contributed by atoms with Crippen LogP contribution in [0.25, 0.3) is 5.69 Å². The van der Waals surface area contributed by atoms with Gasteiger partial charge in [-0.15, -0.1) is 27.7 Å². The van der Waals surface area contributed by atoms with Crippen LogP contribution in [0, 0.1) is 0 Å². The molecular weight excluding hydrogens is 392 g/mol. The summed E-state index contributed by atoms with van der Waals surface area (Å²) in [5.74, 6) is 2.37. The number of carbonyl (C=O) groups is 1. The van der Waals surface area contributed by atoms with Gasteiger partial charge in [-0.2, -0.15) is 9.90 Å². The number of aromatic nitrogens is 6. The van der Waals surface area contributed by atoms with Gasteiger partial charge in [0, 0.05) is 32.1 Å². The molecule has 1 N–H and O–H groups in total. The van der Waals surface area contributed by atoms with Gasteiger partial charge < -0.3 is 14.8 Å². The van der Waals surface area contributed by atoms with Crippen molar-refractivity contribution in [3.8, 4) is 5.69 Å². The molecule has 0 saturated carbocycles. The minimum atomic E-state index is -0.0619. The Hall–Kier alpha value is -2.78. The van der Waals surface area contributed by atoms with Crippen molar-refractivity contribution in [3.05, 3.63) is 53.9 Å². The Morgan fingerprint density at radius 1 is 1.07 bits per heavy atom. The van der Waals surface area contributed by atoms with E-state index in [1.807, 2.05) is 35.2 Å². The van der Waals surface area contributed by atoms with Crippen LogP contribution in [0.5, 0.6) is 0 Å². The molecule has 29 heavy (non-hydrogen) atoms. The number of nitrogens with one attached hydrogen (secondary N) is 1. The second-order valence-corrected chi connectivity index (χ2v) is 7.22. The van der Waals surface area contributed by atoms with Gasteiger partial charge in [0.1, 0.15) is 11.6 Å². The number of hydrogen-bond donors (Lipinski definition) is 1. The third-order valence-electron chi connectivity index (χ3n) is 5.50. The van der Waals surface area contributed by atoms with Crippen LogP contribution in [-0.4, -0.2) is 60.2 Å². The zero-order chi connectivity index (χ0) is 18.9. The highest BCUT2D eigenvalue weighted by atomic mass is 35.5. The van der Waals surface area contributed by atoms with Crippen LogP contribution < -0.4 is 5.32 Å². The summed E-state index contributed by atoms with van der Waals surface area (Å²) in [4.78, 5) is 16.2. The molecule has 0 atom stereocenters. The Morgan fingerprint density at radius 3 is 2.66 bits per heavy atom. The predicted octanol–water partition coefficient (Wildman–Crippen LogP) is 1.40. The summed E-state index contributed by atoms with van der Waals surface area (Å²) in [6.07, 6.45) is 3.33. The molecule has 0 radical (unpaired) electrons. The maximum Gasteiger partial charge on any atom is 0.276 e. The lowest BCUT2D eigenvalue weighted by Gasteiger charge is -2.31. The fraction of sp³-hybridized carbons (Fsp3) is 0.421. The van der Waals surface area contributed by atoms with Crippen LogP contribution in [0.15, 0.2) is 36.5 Å². The van der Waals surface area contributed by atoms with Crippen molar-refractivity contribution in [1.29, 1.82) is 0 Å². The zero-order valence-electron chi connectivity index (χ0n) is 15.9. The molecule has 2 aromatic heterocycles. The Balaban J connectivity index is 0.00000205. The van der Waals surface area contributed by atoms with Crippen molar-refractivity contribution in [2.24, 2.45) is 0 Å². The highest BCUT2D eigenvalue weighted by Gasteiger charge is 2.30.